The summed E-state index contributed by atoms with van der Waals surface area (Å²) < 4.78 is 48.6. The number of carbonyl (C=O) groups is 3. The molecule has 0 aromatic heterocycles. The van der Waals surface area contributed by atoms with Crippen LogP contribution in [0, 0.1) is 0 Å². The molecule has 0 bridgehead atoms. The number of ether oxygens (including phenoxy) is 2. The van der Waals surface area contributed by atoms with Gasteiger partial charge in [-0.2, -0.15) is 13.2 Å². The van der Waals surface area contributed by atoms with Crippen molar-refractivity contribution in [1.82, 2.24) is 4.90 Å². The predicted molar refractivity (Wildman–Crippen MR) is 106 cm³/mol. The second-order valence-corrected chi connectivity index (χ2v) is 6.70. The van der Waals surface area contributed by atoms with Crippen molar-refractivity contribution in [2.45, 2.75) is 6.18 Å². The van der Waals surface area contributed by atoms with Gasteiger partial charge >= 0.3 is 12.1 Å². The minimum Gasteiger partial charge on any atom is -0.497 e. The number of carbonyl (C=O) groups excluding carboxylic acids is 3. The van der Waals surface area contributed by atoms with E-state index in [0.29, 0.717) is 11.8 Å². The highest BCUT2D eigenvalue weighted by Gasteiger charge is 2.33. The van der Waals surface area contributed by atoms with E-state index in [1.54, 1.807) is 12.1 Å². The topological polar surface area (TPSA) is 84.9 Å². The van der Waals surface area contributed by atoms with E-state index < -0.39 is 47.7 Å². The lowest BCUT2D eigenvalue weighted by Gasteiger charge is -2.17. The highest BCUT2D eigenvalue weighted by molar-refractivity contribution is 6.31. The number of benzene rings is 2. The molecule has 0 atom stereocenters. The molecule has 7 nitrogen and oxygen atoms in total. The first-order chi connectivity index (χ1) is 14.5. The van der Waals surface area contributed by atoms with Gasteiger partial charge in [-0.1, -0.05) is 11.6 Å². The number of nitrogens with zero attached hydrogens (tertiary/aromatic N) is 1. The van der Waals surface area contributed by atoms with Gasteiger partial charge in [0, 0.05) is 12.7 Å². The van der Waals surface area contributed by atoms with Crippen LogP contribution < -0.4 is 10.1 Å². The molecular weight excluding hydrogens is 441 g/mol. The molecule has 2 amide bonds. The Morgan fingerprint density at radius 2 is 1.74 bits per heavy atom. The zero-order chi connectivity index (χ0) is 23.2. The van der Waals surface area contributed by atoms with Crippen LogP contribution in [-0.4, -0.2) is 50.0 Å². The third-order valence-electron chi connectivity index (χ3n) is 4.01. The van der Waals surface area contributed by atoms with Crippen molar-refractivity contribution in [2.75, 3.05) is 32.6 Å². The van der Waals surface area contributed by atoms with Gasteiger partial charge in [-0.25, -0.2) is 4.79 Å². The Balaban J connectivity index is 1.88. The Morgan fingerprint density at radius 1 is 1.10 bits per heavy atom. The van der Waals surface area contributed by atoms with Crippen molar-refractivity contribution < 1.29 is 37.0 Å². The van der Waals surface area contributed by atoms with Gasteiger partial charge in [0.15, 0.2) is 6.61 Å². The summed E-state index contributed by atoms with van der Waals surface area (Å²) in [4.78, 5) is 37.1. The van der Waals surface area contributed by atoms with Gasteiger partial charge in [-0.15, -0.1) is 0 Å². The molecule has 11 heteroatoms. The van der Waals surface area contributed by atoms with Gasteiger partial charge in [-0.3, -0.25) is 9.59 Å². The molecule has 0 radical (unpaired) electrons. The van der Waals surface area contributed by atoms with E-state index in [2.05, 4.69) is 5.32 Å². The average Bonchev–Trinajstić information content (AvgIpc) is 2.72. The summed E-state index contributed by atoms with van der Waals surface area (Å²) in [6.07, 6.45) is -4.68. The molecule has 31 heavy (non-hydrogen) atoms. The molecule has 0 saturated carbocycles. The lowest BCUT2D eigenvalue weighted by atomic mass is 10.2. The first kappa shape index (κ1) is 24.0. The van der Waals surface area contributed by atoms with E-state index in [9.17, 15) is 27.6 Å². The Bertz CT molecular complexity index is 964. The second-order valence-electron chi connectivity index (χ2n) is 6.29. The van der Waals surface area contributed by atoms with Crippen molar-refractivity contribution in [3.63, 3.8) is 0 Å². The molecule has 2 aromatic carbocycles. The molecule has 2 rings (SSSR count). The summed E-state index contributed by atoms with van der Waals surface area (Å²) >= 11 is 5.53. The van der Waals surface area contributed by atoms with Crippen LogP contribution in [0.1, 0.15) is 15.9 Å². The number of nitrogens with one attached hydrogen (secondary N) is 1. The van der Waals surface area contributed by atoms with Crippen molar-refractivity contribution in [3.05, 3.63) is 58.6 Å². The number of halogens is 4. The van der Waals surface area contributed by atoms with Crippen LogP contribution in [-0.2, 0) is 20.5 Å². The Kier molecular flexibility index (Phi) is 7.87. The first-order valence-electron chi connectivity index (χ1n) is 8.73. The summed E-state index contributed by atoms with van der Waals surface area (Å²) in [6, 6.07) is 8.93. The molecule has 0 heterocycles. The average molecular weight is 459 g/mol. The van der Waals surface area contributed by atoms with Gasteiger partial charge < -0.3 is 19.7 Å². The molecule has 0 aliphatic carbocycles. The summed E-state index contributed by atoms with van der Waals surface area (Å²) in [5, 5.41) is 1.75. The summed E-state index contributed by atoms with van der Waals surface area (Å²) in [6.45, 7) is -1.09. The van der Waals surface area contributed by atoms with E-state index in [-0.39, 0.29) is 11.3 Å². The molecule has 0 fully saturated rings. The third kappa shape index (κ3) is 6.88. The number of anilines is 1. The number of methoxy groups -OCH3 is 1. The van der Waals surface area contributed by atoms with Crippen molar-refractivity contribution in [1.29, 1.82) is 0 Å². The van der Waals surface area contributed by atoms with Crippen LogP contribution in [0.3, 0.4) is 0 Å². The highest BCUT2D eigenvalue weighted by Crippen LogP contribution is 2.36. The number of amides is 2. The number of hydrogen-bond acceptors (Lipinski definition) is 5. The number of esters is 1. The molecule has 0 spiro atoms. The van der Waals surface area contributed by atoms with Crippen LogP contribution in [0.4, 0.5) is 18.9 Å². The standard InChI is InChI=1S/C20H18ClF3N2O5/c1-26(18(28)11-31-19(29)12-3-6-14(30-2)7-4-12)10-17(27)25-13-5-8-16(21)15(9-13)20(22,23)24/h3-9H,10-11H2,1-2H3,(H,25,27). The van der Waals surface area contributed by atoms with E-state index in [1.807, 2.05) is 0 Å². The fourth-order valence-corrected chi connectivity index (χ4v) is 2.60. The van der Waals surface area contributed by atoms with E-state index >= 15 is 0 Å². The molecule has 0 saturated heterocycles. The Labute approximate surface area is 180 Å². The smallest absolute Gasteiger partial charge is 0.417 e. The SMILES string of the molecule is COc1ccc(C(=O)OCC(=O)N(C)CC(=O)Nc2ccc(Cl)c(C(F)(F)F)c2)cc1. The molecular formula is C20H18ClF3N2O5. The Hall–Kier alpha value is -3.27. The fourth-order valence-electron chi connectivity index (χ4n) is 2.37. The maximum atomic E-state index is 12.9. The summed E-state index contributed by atoms with van der Waals surface area (Å²) in [5.41, 5.74) is -1.02. The minimum absolute atomic E-state index is 0.131. The van der Waals surface area contributed by atoms with Crippen LogP contribution in [0.2, 0.25) is 5.02 Å². The number of alkyl halides is 3. The molecule has 0 unspecified atom stereocenters. The molecule has 0 aliphatic heterocycles. The van der Waals surface area contributed by atoms with E-state index in [4.69, 9.17) is 21.1 Å². The quantitative estimate of drug-likeness (QED) is 0.641. The zero-order valence-corrected chi connectivity index (χ0v) is 17.2. The van der Waals surface area contributed by atoms with Crippen LogP contribution in [0.5, 0.6) is 5.75 Å². The number of likely N-dealkylation sites (N-methyl/N-ethyl adjacent to an activating group) is 1. The van der Waals surface area contributed by atoms with E-state index in [1.165, 1.54) is 32.4 Å². The van der Waals surface area contributed by atoms with Crippen LogP contribution in [0.15, 0.2) is 42.5 Å². The fraction of sp³-hybridized carbons (Fsp3) is 0.250. The lowest BCUT2D eigenvalue weighted by molar-refractivity contribution is -0.137. The number of hydrogen-bond donors (Lipinski definition) is 1. The maximum Gasteiger partial charge on any atom is 0.417 e. The summed E-state index contributed by atoms with van der Waals surface area (Å²) in [5.74, 6) is -1.62. The van der Waals surface area contributed by atoms with Gasteiger partial charge in [0.25, 0.3) is 5.91 Å². The van der Waals surface area contributed by atoms with E-state index in [0.717, 1.165) is 11.0 Å². The number of rotatable bonds is 7. The first-order valence-corrected chi connectivity index (χ1v) is 9.10. The van der Waals surface area contributed by atoms with Gasteiger partial charge in [0.2, 0.25) is 5.91 Å². The molecule has 0 aliphatic rings. The highest BCUT2D eigenvalue weighted by atomic mass is 35.5. The van der Waals surface area contributed by atoms with Crippen molar-refractivity contribution in [3.8, 4) is 5.75 Å². The third-order valence-corrected chi connectivity index (χ3v) is 4.34. The molecule has 2 aromatic rings. The van der Waals surface area contributed by atoms with Crippen LogP contribution >= 0.6 is 11.6 Å². The maximum absolute atomic E-state index is 12.9. The van der Waals surface area contributed by atoms with Gasteiger partial charge in [0.1, 0.15) is 5.75 Å². The van der Waals surface area contributed by atoms with Crippen molar-refractivity contribution >= 4 is 35.1 Å². The van der Waals surface area contributed by atoms with Gasteiger partial charge in [-0.05, 0) is 42.5 Å². The molecule has 166 valence electrons. The monoisotopic (exact) mass is 458 g/mol. The second kappa shape index (κ2) is 10.2. The lowest BCUT2D eigenvalue weighted by Crippen LogP contribution is -2.37. The van der Waals surface area contributed by atoms with Crippen LogP contribution in [0.25, 0.3) is 0 Å². The predicted octanol–water partition coefficient (Wildman–Crippen LogP) is 3.62. The largest absolute Gasteiger partial charge is 0.497 e. The summed E-state index contributed by atoms with van der Waals surface area (Å²) in [7, 11) is 2.76. The normalized spacial score (nSPS) is 10.9. The van der Waals surface area contributed by atoms with Gasteiger partial charge in [0.05, 0.1) is 29.8 Å². The molecule has 1 N–H and O–H groups in total. The zero-order valence-electron chi connectivity index (χ0n) is 16.5. The minimum atomic E-state index is -4.68. The van der Waals surface area contributed by atoms with Crippen molar-refractivity contribution in [2.24, 2.45) is 0 Å². The Morgan fingerprint density at radius 3 is 2.32 bits per heavy atom.